The van der Waals surface area contributed by atoms with Gasteiger partial charge in [0.2, 0.25) is 5.91 Å². The molecule has 0 aliphatic carbocycles. The minimum atomic E-state index is -0.00233. The molecule has 0 heterocycles. The molecule has 1 aromatic carbocycles. The minimum absolute atomic E-state index is 0.00233. The number of carbonyl (C=O) groups is 2. The average Bonchev–Trinajstić information content (AvgIpc) is 2.40. The van der Waals surface area contributed by atoms with Gasteiger partial charge in [-0.15, -0.1) is 0 Å². The van der Waals surface area contributed by atoms with E-state index in [4.69, 9.17) is 5.11 Å². The second-order valence-electron chi connectivity index (χ2n) is 5.15. The van der Waals surface area contributed by atoms with Crippen molar-refractivity contribution in [1.29, 1.82) is 0 Å². The summed E-state index contributed by atoms with van der Waals surface area (Å²) in [6.07, 6.45) is 0.872. The minimum Gasteiger partial charge on any atom is -0.400 e. The lowest BCUT2D eigenvalue weighted by atomic mass is 9.98. The van der Waals surface area contributed by atoms with Gasteiger partial charge in [0.25, 0.3) is 0 Å². The highest BCUT2D eigenvalue weighted by atomic mass is 16.2. The topological polar surface area (TPSA) is 66.4 Å². The van der Waals surface area contributed by atoms with Crippen molar-refractivity contribution in [3.63, 3.8) is 0 Å². The smallest absolute Gasteiger partial charge is 0.227 e. The Kier molecular flexibility index (Phi) is 8.48. The van der Waals surface area contributed by atoms with Gasteiger partial charge in [0.15, 0.2) is 5.78 Å². The molecule has 1 atom stereocenters. The van der Waals surface area contributed by atoms with Crippen molar-refractivity contribution < 1.29 is 14.7 Å². The molecule has 1 amide bonds. The normalized spacial score (nSPS) is 11.3. The van der Waals surface area contributed by atoms with E-state index in [-0.39, 0.29) is 17.6 Å². The van der Waals surface area contributed by atoms with E-state index in [1.807, 2.05) is 6.92 Å². The Morgan fingerprint density at radius 3 is 2.00 bits per heavy atom. The number of amides is 1. The molecule has 112 valence electrons. The molecule has 0 radical (unpaired) electrons. The highest BCUT2D eigenvalue weighted by Gasteiger charge is 2.14. The molecule has 0 aliphatic rings. The molecule has 2 N–H and O–H groups in total. The van der Waals surface area contributed by atoms with Crippen LogP contribution in [0.5, 0.6) is 0 Å². The summed E-state index contributed by atoms with van der Waals surface area (Å²) < 4.78 is 0. The first-order valence-electron chi connectivity index (χ1n) is 6.76. The second kappa shape index (κ2) is 9.26. The van der Waals surface area contributed by atoms with E-state index in [0.29, 0.717) is 11.5 Å². The van der Waals surface area contributed by atoms with Gasteiger partial charge in [0.05, 0.1) is 0 Å². The molecule has 0 bridgehead atoms. The fourth-order valence-electron chi connectivity index (χ4n) is 1.87. The predicted molar refractivity (Wildman–Crippen MR) is 81.8 cm³/mol. The number of ketones is 1. The summed E-state index contributed by atoms with van der Waals surface area (Å²) in [6.45, 7) is 7.66. The third-order valence-electron chi connectivity index (χ3n) is 2.83. The Hall–Kier alpha value is -1.68. The van der Waals surface area contributed by atoms with Gasteiger partial charge >= 0.3 is 0 Å². The summed E-state index contributed by atoms with van der Waals surface area (Å²) in [4.78, 5) is 23.0. The molecule has 0 aromatic heterocycles. The van der Waals surface area contributed by atoms with E-state index in [2.05, 4.69) is 19.2 Å². The Bertz CT molecular complexity index is 424. The maximum atomic E-state index is 11.9. The third-order valence-corrected chi connectivity index (χ3v) is 2.83. The van der Waals surface area contributed by atoms with E-state index < -0.39 is 0 Å². The molecule has 4 nitrogen and oxygen atoms in total. The molecular weight excluding hydrogens is 254 g/mol. The van der Waals surface area contributed by atoms with Gasteiger partial charge in [0.1, 0.15) is 0 Å². The number of benzene rings is 1. The fraction of sp³-hybridized carbons (Fsp3) is 0.500. The van der Waals surface area contributed by atoms with Crippen LogP contribution in [0.1, 0.15) is 44.5 Å². The number of carbonyl (C=O) groups excluding carboxylic acids is 2. The van der Waals surface area contributed by atoms with Crippen LogP contribution in [0.4, 0.5) is 5.69 Å². The van der Waals surface area contributed by atoms with E-state index in [1.165, 1.54) is 6.92 Å². The SMILES string of the molecule is CC(=O)c1ccc(NC(=O)C(C)CC(C)C)cc1.CO. The summed E-state index contributed by atoms with van der Waals surface area (Å²) in [5.74, 6) is 0.559. The Morgan fingerprint density at radius 1 is 1.10 bits per heavy atom. The van der Waals surface area contributed by atoms with Gasteiger partial charge in [-0.05, 0) is 43.5 Å². The monoisotopic (exact) mass is 279 g/mol. The van der Waals surface area contributed by atoms with Crippen LogP contribution in [-0.4, -0.2) is 23.9 Å². The zero-order valence-corrected chi connectivity index (χ0v) is 12.9. The highest BCUT2D eigenvalue weighted by molar-refractivity contribution is 5.96. The number of Topliss-reactive ketones (excluding diaryl/α,β-unsaturated/α-hetero) is 1. The largest absolute Gasteiger partial charge is 0.400 e. The number of hydrogen-bond acceptors (Lipinski definition) is 3. The van der Waals surface area contributed by atoms with Crippen LogP contribution in [0.3, 0.4) is 0 Å². The summed E-state index contributed by atoms with van der Waals surface area (Å²) >= 11 is 0. The first kappa shape index (κ1) is 18.3. The lowest BCUT2D eigenvalue weighted by Gasteiger charge is -2.14. The maximum Gasteiger partial charge on any atom is 0.227 e. The summed E-state index contributed by atoms with van der Waals surface area (Å²) in [5.41, 5.74) is 1.39. The molecular formula is C16H25NO3. The lowest BCUT2D eigenvalue weighted by Crippen LogP contribution is -2.21. The molecule has 0 saturated heterocycles. The third kappa shape index (κ3) is 6.48. The summed E-state index contributed by atoms with van der Waals surface area (Å²) in [7, 11) is 1.00. The molecule has 20 heavy (non-hydrogen) atoms. The Morgan fingerprint density at radius 2 is 1.60 bits per heavy atom. The molecule has 1 rings (SSSR count). The van der Waals surface area contributed by atoms with Crippen LogP contribution in [0, 0.1) is 11.8 Å². The fourth-order valence-corrected chi connectivity index (χ4v) is 1.87. The zero-order valence-electron chi connectivity index (χ0n) is 12.9. The van der Waals surface area contributed by atoms with E-state index in [1.54, 1.807) is 24.3 Å². The molecule has 1 unspecified atom stereocenters. The lowest BCUT2D eigenvalue weighted by molar-refractivity contribution is -0.119. The Balaban J connectivity index is 0.00000172. The second-order valence-corrected chi connectivity index (χ2v) is 5.15. The number of aliphatic hydroxyl groups excluding tert-OH is 1. The number of nitrogens with one attached hydrogen (secondary N) is 1. The van der Waals surface area contributed by atoms with Gasteiger partial charge in [0, 0.05) is 24.3 Å². The molecule has 0 spiro atoms. The number of aliphatic hydroxyl groups is 1. The van der Waals surface area contributed by atoms with Crippen LogP contribution in [0.25, 0.3) is 0 Å². The van der Waals surface area contributed by atoms with Crippen molar-refractivity contribution in [2.75, 3.05) is 12.4 Å². The van der Waals surface area contributed by atoms with Crippen molar-refractivity contribution in [3.05, 3.63) is 29.8 Å². The van der Waals surface area contributed by atoms with Crippen LogP contribution >= 0.6 is 0 Å². The molecule has 0 fully saturated rings. The van der Waals surface area contributed by atoms with E-state index in [9.17, 15) is 9.59 Å². The van der Waals surface area contributed by atoms with Crippen molar-refractivity contribution in [3.8, 4) is 0 Å². The van der Waals surface area contributed by atoms with Gasteiger partial charge < -0.3 is 10.4 Å². The van der Waals surface area contributed by atoms with Gasteiger partial charge in [-0.1, -0.05) is 20.8 Å². The van der Waals surface area contributed by atoms with Gasteiger partial charge in [-0.25, -0.2) is 0 Å². The van der Waals surface area contributed by atoms with E-state index in [0.717, 1.165) is 19.2 Å². The molecule has 4 heteroatoms. The number of rotatable bonds is 5. The van der Waals surface area contributed by atoms with Crippen molar-refractivity contribution in [2.45, 2.75) is 34.1 Å². The average molecular weight is 279 g/mol. The van der Waals surface area contributed by atoms with E-state index >= 15 is 0 Å². The van der Waals surface area contributed by atoms with Crippen LogP contribution in [0.2, 0.25) is 0 Å². The number of anilines is 1. The summed E-state index contributed by atoms with van der Waals surface area (Å²) in [5, 5.41) is 9.86. The van der Waals surface area contributed by atoms with Crippen molar-refractivity contribution in [1.82, 2.24) is 0 Å². The molecule has 0 saturated carbocycles. The predicted octanol–water partition coefficient (Wildman–Crippen LogP) is 3.12. The first-order chi connectivity index (χ1) is 9.40. The van der Waals surface area contributed by atoms with Gasteiger partial charge in [-0.2, -0.15) is 0 Å². The molecule has 1 aromatic rings. The van der Waals surface area contributed by atoms with Crippen molar-refractivity contribution >= 4 is 17.4 Å². The first-order valence-corrected chi connectivity index (χ1v) is 6.76. The zero-order chi connectivity index (χ0) is 15.7. The quantitative estimate of drug-likeness (QED) is 0.814. The van der Waals surface area contributed by atoms with Crippen LogP contribution < -0.4 is 5.32 Å². The summed E-state index contributed by atoms with van der Waals surface area (Å²) in [6, 6.07) is 6.98. The van der Waals surface area contributed by atoms with Crippen LogP contribution in [-0.2, 0) is 4.79 Å². The standard InChI is InChI=1S/C15H21NO2.CH4O/c1-10(2)9-11(3)15(18)16-14-7-5-13(6-8-14)12(4)17;1-2/h5-8,10-11H,9H2,1-4H3,(H,16,18);2H,1H3. The maximum absolute atomic E-state index is 11.9. The van der Waals surface area contributed by atoms with Crippen molar-refractivity contribution in [2.24, 2.45) is 11.8 Å². The highest BCUT2D eigenvalue weighted by Crippen LogP contribution is 2.15. The Labute approximate surface area is 121 Å². The van der Waals surface area contributed by atoms with Gasteiger partial charge in [-0.3, -0.25) is 9.59 Å². The van der Waals surface area contributed by atoms with Crippen LogP contribution in [0.15, 0.2) is 24.3 Å². The number of hydrogen-bond donors (Lipinski definition) is 2. The molecule has 0 aliphatic heterocycles.